The third-order valence-corrected chi connectivity index (χ3v) is 7.66. The summed E-state index contributed by atoms with van der Waals surface area (Å²) in [4.78, 5) is 34.0. The van der Waals surface area contributed by atoms with Gasteiger partial charge in [0.15, 0.2) is 11.6 Å². The zero-order chi connectivity index (χ0) is 29.9. The summed E-state index contributed by atoms with van der Waals surface area (Å²) in [6.07, 6.45) is 12.0. The number of allylic oxidation sites excluding steroid dienone is 4. The minimum atomic E-state index is -0.0234. The summed E-state index contributed by atoms with van der Waals surface area (Å²) in [5.74, 6) is -0.0469. The fourth-order valence-electron chi connectivity index (χ4n) is 5.31. The highest BCUT2D eigenvalue weighted by Gasteiger charge is 2.17. The molecule has 0 saturated carbocycles. The van der Waals surface area contributed by atoms with Crippen LogP contribution in [0.15, 0.2) is 134 Å². The zero-order valence-electron chi connectivity index (χ0n) is 23.6. The number of carbonyl (C=O) groups excluding carboxylic acids is 2. The van der Waals surface area contributed by atoms with Crippen LogP contribution in [0.4, 0.5) is 11.4 Å². The molecule has 0 fully saturated rings. The average Bonchev–Trinajstić information content (AvgIpc) is 3.08. The Labute approximate surface area is 254 Å². The predicted molar refractivity (Wildman–Crippen MR) is 177 cm³/mol. The first-order valence-corrected chi connectivity index (χ1v) is 14.2. The molecule has 7 rings (SSSR count). The maximum Gasteiger partial charge on any atom is 0.187 e. The highest BCUT2D eigenvalue weighted by molar-refractivity contribution is 6.30. The van der Waals surface area contributed by atoms with E-state index >= 15 is 0 Å². The lowest BCUT2D eigenvalue weighted by Crippen LogP contribution is -2.06. The molecule has 0 bridgehead atoms. The van der Waals surface area contributed by atoms with Gasteiger partial charge in [-0.25, -0.2) is 9.97 Å². The van der Waals surface area contributed by atoms with Crippen LogP contribution in [-0.2, 0) is 9.59 Å². The molecule has 2 aliphatic rings. The first-order chi connectivity index (χ1) is 21.6. The monoisotopic (exact) mass is 570 g/mol. The van der Waals surface area contributed by atoms with Crippen LogP contribution in [0.5, 0.6) is 0 Å². The number of anilines is 2. The lowest BCUT2D eigenvalue weighted by atomic mass is 9.92. The highest BCUT2D eigenvalue weighted by Crippen LogP contribution is 2.29. The summed E-state index contributed by atoms with van der Waals surface area (Å²) in [5.41, 5.74) is 10.4. The molecule has 0 saturated heterocycles. The van der Waals surface area contributed by atoms with Gasteiger partial charge >= 0.3 is 0 Å². The van der Waals surface area contributed by atoms with Gasteiger partial charge in [-0.05, 0) is 64.7 Å². The van der Waals surface area contributed by atoms with Crippen LogP contribution < -0.4 is 10.6 Å². The molecule has 0 amide bonds. The molecule has 0 spiro atoms. The molecule has 1 aromatic heterocycles. The second-order valence-electron chi connectivity index (χ2n) is 10.4. The first kappa shape index (κ1) is 26.7. The van der Waals surface area contributed by atoms with E-state index < -0.39 is 0 Å². The van der Waals surface area contributed by atoms with Crippen molar-refractivity contribution in [2.75, 3.05) is 10.6 Å². The van der Waals surface area contributed by atoms with Crippen molar-refractivity contribution in [3.05, 3.63) is 156 Å². The lowest BCUT2D eigenvalue weighted by molar-refractivity contribution is -0.110. The Morgan fingerprint density at radius 2 is 0.932 bits per heavy atom. The Hall–Kier alpha value is -6.14. The number of benzene rings is 4. The molecule has 210 valence electrons. The van der Waals surface area contributed by atoms with E-state index in [9.17, 15) is 9.59 Å². The van der Waals surface area contributed by atoms with Crippen LogP contribution in [0.3, 0.4) is 0 Å². The van der Waals surface area contributed by atoms with E-state index in [1.54, 1.807) is 30.9 Å². The Kier molecular flexibility index (Phi) is 7.06. The van der Waals surface area contributed by atoms with Gasteiger partial charge < -0.3 is 10.6 Å². The molecule has 2 aliphatic carbocycles. The second kappa shape index (κ2) is 11.6. The van der Waals surface area contributed by atoms with Gasteiger partial charge in [-0.2, -0.15) is 0 Å². The van der Waals surface area contributed by atoms with E-state index in [2.05, 4.69) is 20.6 Å². The summed E-state index contributed by atoms with van der Waals surface area (Å²) in [5, 5.41) is 6.53. The third-order valence-electron chi connectivity index (χ3n) is 7.66. The van der Waals surface area contributed by atoms with E-state index in [1.807, 2.05) is 115 Å². The molecule has 0 atom stereocenters. The third kappa shape index (κ3) is 5.40. The van der Waals surface area contributed by atoms with E-state index in [-0.39, 0.29) is 11.6 Å². The van der Waals surface area contributed by atoms with Crippen LogP contribution in [0.25, 0.3) is 45.8 Å². The van der Waals surface area contributed by atoms with Crippen molar-refractivity contribution in [3.63, 3.8) is 0 Å². The number of nitrogens with zero attached hydrogens (tertiary/aromatic N) is 2. The van der Waals surface area contributed by atoms with Gasteiger partial charge in [-0.3, -0.25) is 9.59 Å². The van der Waals surface area contributed by atoms with Gasteiger partial charge in [0.05, 0.1) is 11.4 Å². The molecule has 2 N–H and O–H groups in total. The van der Waals surface area contributed by atoms with Crippen molar-refractivity contribution in [1.29, 1.82) is 0 Å². The lowest BCUT2D eigenvalue weighted by Gasteiger charge is -2.13. The van der Waals surface area contributed by atoms with Crippen molar-refractivity contribution in [3.8, 4) is 22.5 Å². The normalized spacial score (nSPS) is 15.3. The van der Waals surface area contributed by atoms with E-state index in [0.29, 0.717) is 11.1 Å². The van der Waals surface area contributed by atoms with E-state index in [4.69, 9.17) is 0 Å². The van der Waals surface area contributed by atoms with Gasteiger partial charge in [0, 0.05) is 46.0 Å². The Balaban J connectivity index is 1.05. The molecule has 0 unspecified atom stereocenters. The highest BCUT2D eigenvalue weighted by atomic mass is 16.1. The van der Waals surface area contributed by atoms with Gasteiger partial charge in [0.2, 0.25) is 0 Å². The molecule has 0 aliphatic heterocycles. The minimum absolute atomic E-state index is 0.0234. The van der Waals surface area contributed by atoms with Crippen LogP contribution in [0, 0.1) is 0 Å². The smallest absolute Gasteiger partial charge is 0.187 e. The second-order valence-corrected chi connectivity index (χ2v) is 10.4. The number of hydrogen-bond acceptors (Lipinski definition) is 6. The fourth-order valence-corrected chi connectivity index (χ4v) is 5.31. The average molecular weight is 571 g/mol. The standard InChI is InChI=1S/C38H26N4O2/c43-37-19-13-25-5-1-3-7-31(25)33(37)22-39-29-15-9-27(10-16-29)35-21-36(42-24-41-35)28-11-17-30(18-12-28)40-23-34-32-8-4-2-6-26(32)14-20-38(34)44/h1-24,39-40H/b33-22+,34-23+. The van der Waals surface area contributed by atoms with Crippen molar-refractivity contribution in [2.24, 2.45) is 0 Å². The SMILES string of the molecule is O=C1C=Cc2ccccc2/C1=C\Nc1ccc(-c2cc(-c3ccc(N/C=C4/C(=O)C=Cc5ccccc54)cc3)ncn2)cc1. The maximum absolute atomic E-state index is 12.5. The molecule has 6 nitrogen and oxygen atoms in total. The molecule has 4 aromatic carbocycles. The number of fused-ring (bicyclic) bond motifs is 2. The summed E-state index contributed by atoms with van der Waals surface area (Å²) < 4.78 is 0. The summed E-state index contributed by atoms with van der Waals surface area (Å²) in [7, 11) is 0. The fraction of sp³-hybridized carbons (Fsp3) is 0. The molecule has 0 radical (unpaired) electrons. The van der Waals surface area contributed by atoms with Crippen LogP contribution >= 0.6 is 0 Å². The number of aromatic nitrogens is 2. The topological polar surface area (TPSA) is 84.0 Å². The summed E-state index contributed by atoms with van der Waals surface area (Å²) >= 11 is 0. The predicted octanol–water partition coefficient (Wildman–Crippen LogP) is 7.91. The van der Waals surface area contributed by atoms with Crippen molar-refractivity contribution >= 4 is 46.2 Å². The number of carbonyl (C=O) groups is 2. The van der Waals surface area contributed by atoms with Crippen molar-refractivity contribution in [1.82, 2.24) is 9.97 Å². The van der Waals surface area contributed by atoms with Gasteiger partial charge in [0.1, 0.15) is 6.33 Å². The Morgan fingerprint density at radius 1 is 0.500 bits per heavy atom. The van der Waals surface area contributed by atoms with Gasteiger partial charge in [-0.15, -0.1) is 0 Å². The minimum Gasteiger partial charge on any atom is -0.361 e. The molecular formula is C38H26N4O2. The largest absolute Gasteiger partial charge is 0.361 e. The number of nitrogens with one attached hydrogen (secondary N) is 2. The Morgan fingerprint density at radius 3 is 1.39 bits per heavy atom. The molecular weight excluding hydrogens is 544 g/mol. The van der Waals surface area contributed by atoms with Gasteiger partial charge in [-0.1, -0.05) is 84.9 Å². The quantitative estimate of drug-likeness (QED) is 0.202. The summed E-state index contributed by atoms with van der Waals surface area (Å²) in [6, 6.07) is 33.5. The van der Waals surface area contributed by atoms with Crippen molar-refractivity contribution in [2.45, 2.75) is 0 Å². The van der Waals surface area contributed by atoms with Gasteiger partial charge in [0.25, 0.3) is 0 Å². The van der Waals surface area contributed by atoms with Crippen LogP contribution in [-0.4, -0.2) is 21.5 Å². The van der Waals surface area contributed by atoms with E-state index in [1.165, 1.54) is 0 Å². The first-order valence-electron chi connectivity index (χ1n) is 14.2. The Bertz CT molecular complexity index is 1890. The number of ketones is 2. The molecule has 6 heteroatoms. The molecule has 44 heavy (non-hydrogen) atoms. The maximum atomic E-state index is 12.5. The summed E-state index contributed by atoms with van der Waals surface area (Å²) in [6.45, 7) is 0. The number of rotatable bonds is 6. The van der Waals surface area contributed by atoms with E-state index in [0.717, 1.165) is 56.1 Å². The van der Waals surface area contributed by atoms with Crippen molar-refractivity contribution < 1.29 is 9.59 Å². The zero-order valence-corrected chi connectivity index (χ0v) is 23.6. The van der Waals surface area contributed by atoms with Crippen LogP contribution in [0.2, 0.25) is 0 Å². The molecule has 1 heterocycles. The van der Waals surface area contributed by atoms with Crippen LogP contribution in [0.1, 0.15) is 22.3 Å². The number of hydrogen-bond donors (Lipinski definition) is 2. The molecule has 5 aromatic rings.